The number of aryl methyl sites for hydroxylation is 1. The zero-order chi connectivity index (χ0) is 23.4. The molecular weight excluding hydrogens is 400 g/mol. The van der Waals surface area contributed by atoms with Crippen molar-refractivity contribution in [3.8, 4) is 5.75 Å². The molecule has 0 radical (unpaired) electrons. The predicted molar refractivity (Wildman–Crippen MR) is 142 cm³/mol. The fourth-order valence-corrected chi connectivity index (χ4v) is 7.77. The lowest BCUT2D eigenvalue weighted by atomic mass is 9.70. The lowest BCUT2D eigenvalue weighted by molar-refractivity contribution is 0.166. The van der Waals surface area contributed by atoms with Crippen molar-refractivity contribution in [1.29, 1.82) is 0 Å². The summed E-state index contributed by atoms with van der Waals surface area (Å²) in [5, 5.41) is 0. The highest BCUT2D eigenvalue weighted by molar-refractivity contribution is 5.48. The van der Waals surface area contributed by atoms with Gasteiger partial charge in [0, 0.05) is 0 Å². The van der Waals surface area contributed by atoms with E-state index in [2.05, 4.69) is 33.8 Å². The molecule has 1 nitrogen and oxygen atoms in total. The summed E-state index contributed by atoms with van der Waals surface area (Å²) in [6, 6.07) is 2.22. The number of hydrogen-bond donors (Lipinski definition) is 0. The van der Waals surface area contributed by atoms with Crippen molar-refractivity contribution in [3.63, 3.8) is 0 Å². The van der Waals surface area contributed by atoms with Crippen LogP contribution in [0, 0.1) is 56.3 Å². The van der Waals surface area contributed by atoms with E-state index in [0.29, 0.717) is 0 Å². The van der Waals surface area contributed by atoms with Crippen LogP contribution in [0.4, 0.5) is 0 Å². The van der Waals surface area contributed by atoms with Crippen LogP contribution in [0.1, 0.15) is 119 Å². The average molecular weight is 453 g/mol. The molecule has 186 valence electrons. The summed E-state index contributed by atoms with van der Waals surface area (Å²) in [5.41, 5.74) is 5.83. The lowest BCUT2D eigenvalue weighted by Gasteiger charge is -2.36. The van der Waals surface area contributed by atoms with Crippen molar-refractivity contribution in [2.24, 2.45) is 35.5 Å². The largest absolute Gasteiger partial charge is 0.496 e. The Labute approximate surface area is 205 Å². The highest BCUT2D eigenvalue weighted by Gasteiger charge is 2.29. The van der Waals surface area contributed by atoms with Crippen LogP contribution in [0.15, 0.2) is 6.07 Å². The second kappa shape index (κ2) is 11.6. The van der Waals surface area contributed by atoms with Gasteiger partial charge in [-0.05, 0) is 117 Å². The minimum absolute atomic E-state index is 0.874. The molecule has 0 heterocycles. The topological polar surface area (TPSA) is 9.23 Å². The van der Waals surface area contributed by atoms with Gasteiger partial charge in [-0.2, -0.15) is 0 Å². The fraction of sp³-hybridized carbons (Fsp3) is 0.812. The summed E-state index contributed by atoms with van der Waals surface area (Å²) in [7, 11) is 1.82. The van der Waals surface area contributed by atoms with Gasteiger partial charge in [-0.3, -0.25) is 0 Å². The molecule has 0 atom stereocenters. The molecule has 0 aliphatic heterocycles. The summed E-state index contributed by atoms with van der Waals surface area (Å²) in [4.78, 5) is 0. The van der Waals surface area contributed by atoms with E-state index in [-0.39, 0.29) is 0 Å². The van der Waals surface area contributed by atoms with Gasteiger partial charge in [0.05, 0.1) is 7.11 Å². The molecule has 0 aromatic heterocycles. The molecule has 0 amide bonds. The van der Waals surface area contributed by atoms with E-state index in [9.17, 15) is 0 Å². The first-order valence-electron chi connectivity index (χ1n) is 14.6. The SMILES string of the molecule is COc1cc(C)c(C)c(CC2CCC(CC3CCC(CC4CCC(C)CC4)CC3)CC2)c1C. The van der Waals surface area contributed by atoms with Gasteiger partial charge in [0.2, 0.25) is 0 Å². The Morgan fingerprint density at radius 1 is 0.636 bits per heavy atom. The molecule has 4 rings (SSSR count). The second-order valence-electron chi connectivity index (χ2n) is 12.7. The Hall–Kier alpha value is -0.980. The molecule has 0 unspecified atom stereocenters. The Morgan fingerprint density at radius 3 is 1.52 bits per heavy atom. The van der Waals surface area contributed by atoms with Crippen LogP contribution in [0.2, 0.25) is 0 Å². The molecule has 1 aromatic rings. The number of benzene rings is 1. The summed E-state index contributed by atoms with van der Waals surface area (Å²) in [6.07, 6.45) is 22.4. The normalized spacial score (nSPS) is 33.1. The highest BCUT2D eigenvalue weighted by atomic mass is 16.5. The van der Waals surface area contributed by atoms with Crippen molar-refractivity contribution < 1.29 is 4.74 Å². The molecule has 33 heavy (non-hydrogen) atoms. The third-order valence-electron chi connectivity index (χ3n) is 10.3. The zero-order valence-corrected chi connectivity index (χ0v) is 22.6. The van der Waals surface area contributed by atoms with E-state index in [4.69, 9.17) is 4.74 Å². The number of ether oxygens (including phenoxy) is 1. The zero-order valence-electron chi connectivity index (χ0n) is 22.6. The van der Waals surface area contributed by atoms with Gasteiger partial charge in [0.15, 0.2) is 0 Å². The first-order valence-corrected chi connectivity index (χ1v) is 14.6. The van der Waals surface area contributed by atoms with Crippen LogP contribution in [-0.2, 0) is 6.42 Å². The summed E-state index contributed by atoms with van der Waals surface area (Å²) in [5.74, 6) is 7.14. The van der Waals surface area contributed by atoms with Gasteiger partial charge in [-0.1, -0.05) is 71.1 Å². The maximum Gasteiger partial charge on any atom is 0.122 e. The van der Waals surface area contributed by atoms with Crippen LogP contribution < -0.4 is 4.74 Å². The van der Waals surface area contributed by atoms with Gasteiger partial charge in [-0.15, -0.1) is 0 Å². The Morgan fingerprint density at radius 2 is 1.06 bits per heavy atom. The van der Waals surface area contributed by atoms with Crippen LogP contribution in [-0.4, -0.2) is 7.11 Å². The highest BCUT2D eigenvalue weighted by Crippen LogP contribution is 2.42. The molecule has 3 saturated carbocycles. The maximum atomic E-state index is 5.67. The lowest BCUT2D eigenvalue weighted by Crippen LogP contribution is -2.23. The molecule has 3 aliphatic rings. The monoisotopic (exact) mass is 452 g/mol. The Bertz CT molecular complexity index is 740. The standard InChI is InChI=1S/C32H52O/c1-22-6-8-26(9-7-22)19-27-10-12-28(13-11-27)20-29-14-16-30(17-15-29)21-31-24(3)23(2)18-32(33-5)25(31)4/h18,22,26-30H,6-17,19-21H2,1-5H3. The molecular formula is C32H52O. The van der Waals surface area contributed by atoms with Crippen molar-refractivity contribution in [3.05, 3.63) is 28.3 Å². The molecule has 3 fully saturated rings. The van der Waals surface area contributed by atoms with Crippen molar-refractivity contribution >= 4 is 0 Å². The fourth-order valence-electron chi connectivity index (χ4n) is 7.77. The van der Waals surface area contributed by atoms with E-state index < -0.39 is 0 Å². The number of rotatable bonds is 7. The van der Waals surface area contributed by atoms with Crippen molar-refractivity contribution in [2.75, 3.05) is 7.11 Å². The first kappa shape index (κ1) is 25.1. The van der Waals surface area contributed by atoms with Crippen LogP contribution in [0.5, 0.6) is 5.75 Å². The van der Waals surface area contributed by atoms with Gasteiger partial charge in [0.1, 0.15) is 5.75 Å². The molecule has 0 saturated heterocycles. The summed E-state index contributed by atoms with van der Waals surface area (Å²) >= 11 is 0. The minimum Gasteiger partial charge on any atom is -0.496 e. The van der Waals surface area contributed by atoms with E-state index >= 15 is 0 Å². The Balaban J connectivity index is 1.18. The predicted octanol–water partition coefficient (Wildman–Crippen LogP) is 9.38. The quantitative estimate of drug-likeness (QED) is 0.400. The third-order valence-corrected chi connectivity index (χ3v) is 10.3. The van der Waals surface area contributed by atoms with Crippen molar-refractivity contribution in [1.82, 2.24) is 0 Å². The molecule has 1 heteroatoms. The van der Waals surface area contributed by atoms with Gasteiger partial charge < -0.3 is 4.74 Å². The van der Waals surface area contributed by atoms with Crippen molar-refractivity contribution in [2.45, 2.75) is 124 Å². The minimum atomic E-state index is 0.874. The average Bonchev–Trinajstić information content (AvgIpc) is 2.83. The van der Waals surface area contributed by atoms with E-state index in [0.717, 1.165) is 41.3 Å². The Kier molecular flexibility index (Phi) is 8.86. The second-order valence-corrected chi connectivity index (χ2v) is 12.7. The summed E-state index contributed by atoms with van der Waals surface area (Å²) < 4.78 is 5.67. The van der Waals surface area contributed by atoms with Crippen LogP contribution >= 0.6 is 0 Å². The molecule has 1 aromatic carbocycles. The number of hydrogen-bond acceptors (Lipinski definition) is 1. The van der Waals surface area contributed by atoms with E-state index in [1.54, 1.807) is 24.8 Å². The van der Waals surface area contributed by atoms with E-state index in [1.165, 1.54) is 93.7 Å². The molecule has 3 aliphatic carbocycles. The maximum absolute atomic E-state index is 5.67. The number of methoxy groups -OCH3 is 1. The third kappa shape index (κ3) is 6.58. The van der Waals surface area contributed by atoms with Gasteiger partial charge >= 0.3 is 0 Å². The smallest absolute Gasteiger partial charge is 0.122 e. The molecule has 0 spiro atoms. The van der Waals surface area contributed by atoms with Crippen LogP contribution in [0.25, 0.3) is 0 Å². The van der Waals surface area contributed by atoms with E-state index in [1.807, 2.05) is 7.11 Å². The molecule has 0 bridgehead atoms. The van der Waals surface area contributed by atoms with Gasteiger partial charge in [0.25, 0.3) is 0 Å². The molecule has 0 N–H and O–H groups in total. The van der Waals surface area contributed by atoms with Gasteiger partial charge in [-0.25, -0.2) is 0 Å². The van der Waals surface area contributed by atoms with Crippen LogP contribution in [0.3, 0.4) is 0 Å². The summed E-state index contributed by atoms with van der Waals surface area (Å²) in [6.45, 7) is 9.27. The first-order chi connectivity index (χ1) is 15.9.